The number of amides is 1. The number of fused-ring (bicyclic) bond motifs is 5. The van der Waals surface area contributed by atoms with Crippen molar-refractivity contribution in [2.24, 2.45) is 46.3 Å². The second kappa shape index (κ2) is 10.4. The topological polar surface area (TPSA) is 78.8 Å². The van der Waals surface area contributed by atoms with Crippen molar-refractivity contribution in [2.45, 2.75) is 97.2 Å². The quantitative estimate of drug-likeness (QED) is 0.382. The van der Waals surface area contributed by atoms with Crippen LogP contribution in [0.4, 0.5) is 5.69 Å². The highest BCUT2D eigenvalue weighted by atomic mass is 35.5. The maximum atomic E-state index is 12.7. The van der Waals surface area contributed by atoms with E-state index >= 15 is 0 Å². The molecule has 0 aliphatic heterocycles. The van der Waals surface area contributed by atoms with Crippen molar-refractivity contribution in [1.82, 2.24) is 0 Å². The lowest BCUT2D eigenvalue weighted by Crippen LogP contribution is -2.58. The molecule has 10 unspecified atom stereocenters. The molecule has 4 aliphatic rings. The van der Waals surface area contributed by atoms with Gasteiger partial charge in [-0.3, -0.25) is 4.79 Å². The van der Waals surface area contributed by atoms with Crippen LogP contribution in [0, 0.1) is 46.3 Å². The Kier molecular flexibility index (Phi) is 7.63. The van der Waals surface area contributed by atoms with E-state index in [2.05, 4.69) is 26.1 Å². The molecule has 1 amide bonds. The fourth-order valence-corrected chi connectivity index (χ4v) is 9.96. The van der Waals surface area contributed by atoms with Crippen LogP contribution in [0.5, 0.6) is 5.75 Å². The first-order valence-electron chi connectivity index (χ1n) is 14.6. The summed E-state index contributed by atoms with van der Waals surface area (Å²) in [4.78, 5) is 12.7. The Labute approximate surface area is 227 Å². The molecule has 206 valence electrons. The summed E-state index contributed by atoms with van der Waals surface area (Å²) in [6, 6.07) is 5.32. The van der Waals surface area contributed by atoms with Gasteiger partial charge in [-0.25, -0.2) is 0 Å². The minimum atomic E-state index is -0.242. The van der Waals surface area contributed by atoms with Crippen molar-refractivity contribution in [1.29, 1.82) is 0 Å². The summed E-state index contributed by atoms with van der Waals surface area (Å²) >= 11 is 6.21. The Morgan fingerprint density at radius 1 is 1.11 bits per heavy atom. The Morgan fingerprint density at radius 2 is 1.84 bits per heavy atom. The first kappa shape index (κ1) is 27.3. The summed E-state index contributed by atoms with van der Waals surface area (Å²) in [5, 5.41) is 25.2. The lowest BCUT2D eigenvalue weighted by molar-refractivity contribution is -0.174. The zero-order valence-corrected chi connectivity index (χ0v) is 23.8. The lowest BCUT2D eigenvalue weighted by atomic mass is 9.43. The van der Waals surface area contributed by atoms with Gasteiger partial charge in [0.25, 0.3) is 0 Å². The normalized spacial score (nSPS) is 41.8. The number of hydrogen-bond donors (Lipinski definition) is 3. The fourth-order valence-electron chi connectivity index (χ4n) is 9.70. The summed E-state index contributed by atoms with van der Waals surface area (Å²) in [6.45, 7) is 7.30. The van der Waals surface area contributed by atoms with E-state index in [9.17, 15) is 15.0 Å². The van der Waals surface area contributed by atoms with E-state index in [1.54, 1.807) is 19.2 Å². The molecule has 0 heterocycles. The van der Waals surface area contributed by atoms with Crippen LogP contribution in [-0.2, 0) is 4.79 Å². The molecule has 5 rings (SSSR count). The summed E-state index contributed by atoms with van der Waals surface area (Å²) in [6.07, 6.45) is 9.50. The van der Waals surface area contributed by atoms with Crippen molar-refractivity contribution >= 4 is 23.2 Å². The zero-order chi connectivity index (χ0) is 26.5. The Hall–Kier alpha value is -1.30. The maximum absolute atomic E-state index is 12.7. The molecule has 4 aliphatic carbocycles. The zero-order valence-electron chi connectivity index (χ0n) is 23.0. The van der Waals surface area contributed by atoms with E-state index in [1.807, 2.05) is 6.07 Å². The van der Waals surface area contributed by atoms with Crippen LogP contribution >= 0.6 is 11.6 Å². The molecule has 4 saturated carbocycles. The highest BCUT2D eigenvalue weighted by molar-refractivity contribution is 6.32. The number of ether oxygens (including phenoxy) is 1. The molecule has 37 heavy (non-hydrogen) atoms. The average molecular weight is 532 g/mol. The van der Waals surface area contributed by atoms with Gasteiger partial charge in [-0.2, -0.15) is 0 Å². The average Bonchev–Trinajstić information content (AvgIpc) is 3.21. The second-order valence-corrected chi connectivity index (χ2v) is 13.8. The van der Waals surface area contributed by atoms with Crippen molar-refractivity contribution in [3.05, 3.63) is 23.2 Å². The molecular formula is C31H46ClNO4. The first-order chi connectivity index (χ1) is 17.6. The smallest absolute Gasteiger partial charge is 0.224 e. The van der Waals surface area contributed by atoms with Crippen molar-refractivity contribution in [3.8, 4) is 5.75 Å². The molecule has 1 aromatic carbocycles. The molecule has 6 heteroatoms. The van der Waals surface area contributed by atoms with Gasteiger partial charge in [0.05, 0.1) is 24.3 Å². The number of anilines is 1. The Bertz CT molecular complexity index is 1000. The number of carbonyl (C=O) groups is 1. The largest absolute Gasteiger partial charge is 0.495 e. The van der Waals surface area contributed by atoms with Crippen LogP contribution in [0.1, 0.15) is 85.0 Å². The molecule has 0 aromatic heterocycles. The molecule has 5 nitrogen and oxygen atoms in total. The van der Waals surface area contributed by atoms with Gasteiger partial charge in [-0.15, -0.1) is 0 Å². The molecule has 0 radical (unpaired) electrons. The van der Waals surface area contributed by atoms with Gasteiger partial charge in [0.15, 0.2) is 0 Å². The second-order valence-electron chi connectivity index (χ2n) is 13.4. The van der Waals surface area contributed by atoms with Gasteiger partial charge in [0.2, 0.25) is 5.91 Å². The molecule has 0 spiro atoms. The van der Waals surface area contributed by atoms with Crippen LogP contribution in [0.15, 0.2) is 18.2 Å². The predicted molar refractivity (Wildman–Crippen MR) is 148 cm³/mol. The Morgan fingerprint density at radius 3 is 2.57 bits per heavy atom. The summed E-state index contributed by atoms with van der Waals surface area (Å²) < 4.78 is 5.20. The number of aliphatic hydroxyl groups is 2. The minimum Gasteiger partial charge on any atom is -0.495 e. The molecule has 0 saturated heterocycles. The number of halogens is 1. The maximum Gasteiger partial charge on any atom is 0.224 e. The number of nitrogens with one attached hydrogen (secondary N) is 1. The van der Waals surface area contributed by atoms with Crippen LogP contribution in [0.25, 0.3) is 0 Å². The number of carbonyl (C=O) groups excluding carboxylic acids is 1. The van der Waals surface area contributed by atoms with Gasteiger partial charge >= 0.3 is 0 Å². The molecular weight excluding hydrogens is 486 g/mol. The number of aliphatic hydroxyl groups excluding tert-OH is 2. The monoisotopic (exact) mass is 531 g/mol. The minimum absolute atomic E-state index is 0.0256. The van der Waals surface area contributed by atoms with Crippen LogP contribution in [0.3, 0.4) is 0 Å². The molecule has 10 atom stereocenters. The fraction of sp³-hybridized carbons (Fsp3) is 0.774. The Balaban J connectivity index is 1.22. The van der Waals surface area contributed by atoms with Gasteiger partial charge in [-0.05, 0) is 122 Å². The van der Waals surface area contributed by atoms with Crippen LogP contribution < -0.4 is 10.1 Å². The van der Waals surface area contributed by atoms with E-state index in [4.69, 9.17) is 16.3 Å². The van der Waals surface area contributed by atoms with Crippen LogP contribution in [-0.4, -0.2) is 35.4 Å². The van der Waals surface area contributed by atoms with E-state index in [1.165, 1.54) is 25.7 Å². The first-order valence-corrected chi connectivity index (χ1v) is 14.9. The van der Waals surface area contributed by atoms with Crippen molar-refractivity contribution in [2.75, 3.05) is 12.4 Å². The third-order valence-electron chi connectivity index (χ3n) is 11.7. The van der Waals surface area contributed by atoms with Gasteiger partial charge < -0.3 is 20.3 Å². The predicted octanol–water partition coefficient (Wildman–Crippen LogP) is 6.69. The van der Waals surface area contributed by atoms with Crippen molar-refractivity contribution < 1.29 is 19.7 Å². The SMILES string of the molecule is COc1ccc(NC(=O)CCC(C)C2CCC3C4C(O)CC5CC(O)CCC5(C)C4CCC23C)cc1Cl. The number of methoxy groups -OCH3 is 1. The van der Waals surface area contributed by atoms with E-state index in [0.29, 0.717) is 58.4 Å². The highest BCUT2D eigenvalue weighted by Crippen LogP contribution is 2.68. The van der Waals surface area contributed by atoms with E-state index in [0.717, 1.165) is 32.1 Å². The van der Waals surface area contributed by atoms with Crippen LogP contribution in [0.2, 0.25) is 5.02 Å². The number of benzene rings is 1. The van der Waals surface area contributed by atoms with Gasteiger partial charge in [0.1, 0.15) is 5.75 Å². The molecule has 1 aromatic rings. The van der Waals surface area contributed by atoms with Crippen molar-refractivity contribution in [3.63, 3.8) is 0 Å². The summed E-state index contributed by atoms with van der Waals surface area (Å²) in [7, 11) is 1.58. The third kappa shape index (κ3) is 4.82. The van der Waals surface area contributed by atoms with E-state index in [-0.39, 0.29) is 28.9 Å². The highest BCUT2D eigenvalue weighted by Gasteiger charge is 2.62. The summed E-state index contributed by atoms with van der Waals surface area (Å²) in [5.74, 6) is 3.65. The van der Waals surface area contributed by atoms with Gasteiger partial charge in [-0.1, -0.05) is 32.4 Å². The molecule has 4 fully saturated rings. The number of hydrogen-bond acceptors (Lipinski definition) is 4. The summed E-state index contributed by atoms with van der Waals surface area (Å²) in [5.41, 5.74) is 1.19. The third-order valence-corrected chi connectivity index (χ3v) is 12.0. The van der Waals surface area contributed by atoms with E-state index < -0.39 is 0 Å². The molecule has 3 N–H and O–H groups in total. The number of rotatable bonds is 6. The van der Waals surface area contributed by atoms with Gasteiger partial charge in [0, 0.05) is 12.1 Å². The molecule has 0 bridgehead atoms. The lowest BCUT2D eigenvalue weighted by Gasteiger charge is -2.62. The standard InChI is InChI=1S/C31H46ClNO4/c1-18(5-10-28(36)33-20-6-9-27(37-4)25(32)17-20)22-7-8-23-29-24(12-14-31(22,23)3)30(2)13-11-21(34)15-19(30)16-26(29)35/h6,9,17-19,21-24,26,29,34-35H,5,7-8,10-16H2,1-4H3,(H,33,36).